The molecule has 110 valence electrons. The second-order valence-electron chi connectivity index (χ2n) is 5.48. The lowest BCUT2D eigenvalue weighted by Gasteiger charge is -2.19. The van der Waals surface area contributed by atoms with Crippen LogP contribution in [0.25, 0.3) is 11.4 Å². The first-order valence-corrected chi connectivity index (χ1v) is 6.48. The summed E-state index contributed by atoms with van der Waals surface area (Å²) in [7, 11) is 0. The number of ether oxygens (including phenoxy) is 1. The number of anilines is 1. The van der Waals surface area contributed by atoms with Crippen molar-refractivity contribution < 1.29 is 9.53 Å². The fourth-order valence-electron chi connectivity index (χ4n) is 1.52. The molecule has 7 heteroatoms. The molecule has 0 aliphatic heterocycles. The van der Waals surface area contributed by atoms with Crippen LogP contribution in [0.4, 0.5) is 10.5 Å². The van der Waals surface area contributed by atoms with Crippen molar-refractivity contribution in [2.75, 3.05) is 5.32 Å². The van der Waals surface area contributed by atoms with Gasteiger partial charge in [0.25, 0.3) is 0 Å². The first-order valence-electron chi connectivity index (χ1n) is 6.48. The van der Waals surface area contributed by atoms with Crippen molar-refractivity contribution in [1.29, 1.82) is 0 Å². The number of hydrogen-bond acceptors (Lipinski definition) is 6. The van der Waals surface area contributed by atoms with Crippen molar-refractivity contribution in [1.82, 2.24) is 20.4 Å². The van der Waals surface area contributed by atoms with Crippen molar-refractivity contribution in [3.8, 4) is 11.4 Å². The summed E-state index contributed by atoms with van der Waals surface area (Å²) in [5.74, 6) is 0.950. The number of nitrogens with zero attached hydrogens (tertiary/aromatic N) is 4. The minimum atomic E-state index is -0.531. The second-order valence-corrected chi connectivity index (χ2v) is 5.48. The Morgan fingerprint density at radius 2 is 1.62 bits per heavy atom. The minimum Gasteiger partial charge on any atom is -0.444 e. The van der Waals surface area contributed by atoms with Crippen LogP contribution in [0.2, 0.25) is 0 Å². The predicted molar refractivity (Wildman–Crippen MR) is 77.7 cm³/mol. The van der Waals surface area contributed by atoms with E-state index in [0.717, 1.165) is 5.56 Å². The van der Waals surface area contributed by atoms with E-state index in [-0.39, 0.29) is 0 Å². The molecule has 1 heterocycles. The number of nitrogens with one attached hydrogen (secondary N) is 1. The van der Waals surface area contributed by atoms with Crippen LogP contribution < -0.4 is 5.32 Å². The largest absolute Gasteiger partial charge is 0.444 e. The smallest absolute Gasteiger partial charge is 0.412 e. The zero-order valence-corrected chi connectivity index (χ0v) is 12.4. The van der Waals surface area contributed by atoms with E-state index >= 15 is 0 Å². The van der Waals surface area contributed by atoms with Crippen LogP contribution in [0.15, 0.2) is 24.3 Å². The van der Waals surface area contributed by atoms with Gasteiger partial charge in [-0.3, -0.25) is 5.32 Å². The standard InChI is InChI=1S/C14H17N5O2/c1-9-16-18-12(19-17-9)10-5-7-11(8-6-10)15-13(20)21-14(2,3)4/h5-8H,1-4H3,(H,15,20). The highest BCUT2D eigenvalue weighted by molar-refractivity contribution is 5.85. The van der Waals surface area contributed by atoms with Crippen LogP contribution in [0.3, 0.4) is 0 Å². The van der Waals surface area contributed by atoms with Crippen LogP contribution in [0.5, 0.6) is 0 Å². The number of rotatable bonds is 2. The van der Waals surface area contributed by atoms with Crippen LogP contribution in [-0.2, 0) is 4.74 Å². The van der Waals surface area contributed by atoms with E-state index in [1.165, 1.54) is 0 Å². The zero-order chi connectivity index (χ0) is 15.5. The third-order valence-corrected chi connectivity index (χ3v) is 2.37. The summed E-state index contributed by atoms with van der Waals surface area (Å²) in [6.45, 7) is 7.15. The van der Waals surface area contributed by atoms with Gasteiger partial charge in [0.05, 0.1) is 0 Å². The van der Waals surface area contributed by atoms with Gasteiger partial charge < -0.3 is 4.74 Å². The number of amides is 1. The molecular weight excluding hydrogens is 270 g/mol. The molecule has 1 N–H and O–H groups in total. The summed E-state index contributed by atoms with van der Waals surface area (Å²) >= 11 is 0. The molecule has 1 aromatic carbocycles. The molecule has 0 radical (unpaired) electrons. The van der Waals surface area contributed by atoms with E-state index in [0.29, 0.717) is 17.3 Å². The highest BCUT2D eigenvalue weighted by Gasteiger charge is 2.16. The van der Waals surface area contributed by atoms with Gasteiger partial charge in [0, 0.05) is 11.3 Å². The maximum absolute atomic E-state index is 11.6. The first kappa shape index (κ1) is 14.8. The van der Waals surface area contributed by atoms with Gasteiger partial charge in [-0.05, 0) is 52.0 Å². The van der Waals surface area contributed by atoms with Crippen LogP contribution >= 0.6 is 0 Å². The average molecular weight is 287 g/mol. The molecule has 0 saturated carbocycles. The molecule has 7 nitrogen and oxygen atoms in total. The van der Waals surface area contributed by atoms with Crippen molar-refractivity contribution >= 4 is 11.8 Å². The first-order chi connectivity index (χ1) is 9.83. The molecule has 2 rings (SSSR count). The van der Waals surface area contributed by atoms with Crippen molar-refractivity contribution in [3.05, 3.63) is 30.1 Å². The highest BCUT2D eigenvalue weighted by atomic mass is 16.6. The Morgan fingerprint density at radius 1 is 1.05 bits per heavy atom. The molecule has 0 fully saturated rings. The lowest BCUT2D eigenvalue weighted by Crippen LogP contribution is -2.27. The lowest BCUT2D eigenvalue weighted by atomic mass is 10.2. The van der Waals surface area contributed by atoms with Crippen LogP contribution in [-0.4, -0.2) is 32.1 Å². The predicted octanol–water partition coefficient (Wildman–Crippen LogP) is 2.59. The van der Waals surface area contributed by atoms with Gasteiger partial charge in [-0.15, -0.1) is 20.4 Å². The van der Waals surface area contributed by atoms with Gasteiger partial charge in [0.2, 0.25) is 5.82 Å². The number of benzene rings is 1. The molecule has 1 aromatic heterocycles. The third-order valence-electron chi connectivity index (χ3n) is 2.37. The molecule has 0 unspecified atom stereocenters. The molecule has 21 heavy (non-hydrogen) atoms. The summed E-state index contributed by atoms with van der Waals surface area (Å²) < 4.78 is 5.17. The molecule has 0 saturated heterocycles. The van der Waals surface area contributed by atoms with Crippen molar-refractivity contribution in [3.63, 3.8) is 0 Å². The molecule has 0 bridgehead atoms. The molecule has 2 aromatic rings. The van der Waals surface area contributed by atoms with Gasteiger partial charge in [-0.25, -0.2) is 4.79 Å². The Balaban J connectivity index is 2.05. The van der Waals surface area contributed by atoms with E-state index in [1.54, 1.807) is 31.2 Å². The number of aromatic nitrogens is 4. The van der Waals surface area contributed by atoms with Gasteiger partial charge in [-0.1, -0.05) is 0 Å². The maximum atomic E-state index is 11.6. The van der Waals surface area contributed by atoms with Gasteiger partial charge >= 0.3 is 6.09 Å². The SMILES string of the molecule is Cc1nnc(-c2ccc(NC(=O)OC(C)(C)C)cc2)nn1. The minimum absolute atomic E-state index is 0.435. The summed E-state index contributed by atoms with van der Waals surface area (Å²) in [6, 6.07) is 7.03. The molecule has 0 aliphatic rings. The summed E-state index contributed by atoms with van der Waals surface area (Å²) in [4.78, 5) is 11.6. The third kappa shape index (κ3) is 4.48. The number of aryl methyl sites for hydroxylation is 1. The van der Waals surface area contributed by atoms with Crippen molar-refractivity contribution in [2.45, 2.75) is 33.3 Å². The van der Waals surface area contributed by atoms with E-state index in [1.807, 2.05) is 20.8 Å². The molecule has 0 aliphatic carbocycles. The fourth-order valence-corrected chi connectivity index (χ4v) is 1.52. The molecule has 0 spiro atoms. The van der Waals surface area contributed by atoms with E-state index in [2.05, 4.69) is 25.7 Å². The van der Waals surface area contributed by atoms with E-state index in [9.17, 15) is 4.79 Å². The van der Waals surface area contributed by atoms with E-state index in [4.69, 9.17) is 4.74 Å². The lowest BCUT2D eigenvalue weighted by molar-refractivity contribution is 0.0636. The second kappa shape index (κ2) is 5.82. The Morgan fingerprint density at radius 3 is 2.14 bits per heavy atom. The maximum Gasteiger partial charge on any atom is 0.412 e. The highest BCUT2D eigenvalue weighted by Crippen LogP contribution is 2.17. The quantitative estimate of drug-likeness (QED) is 0.913. The zero-order valence-electron chi connectivity index (χ0n) is 12.4. The van der Waals surface area contributed by atoms with Crippen LogP contribution in [0, 0.1) is 6.92 Å². The monoisotopic (exact) mass is 287 g/mol. The van der Waals surface area contributed by atoms with Gasteiger partial charge in [-0.2, -0.15) is 0 Å². The topological polar surface area (TPSA) is 89.9 Å². The average Bonchev–Trinajstić information content (AvgIpc) is 2.38. The Bertz CT molecular complexity index is 617. The molecule has 1 amide bonds. The Hall–Kier alpha value is -2.57. The van der Waals surface area contributed by atoms with Crippen LogP contribution in [0.1, 0.15) is 26.6 Å². The van der Waals surface area contributed by atoms with Gasteiger partial charge in [0.1, 0.15) is 5.60 Å². The van der Waals surface area contributed by atoms with E-state index < -0.39 is 11.7 Å². The number of hydrogen-bond donors (Lipinski definition) is 1. The fraction of sp³-hybridized carbons (Fsp3) is 0.357. The molecular formula is C14H17N5O2. The van der Waals surface area contributed by atoms with Gasteiger partial charge in [0.15, 0.2) is 5.82 Å². The Labute approximate surface area is 122 Å². The molecule has 0 atom stereocenters. The number of carbonyl (C=O) groups is 1. The summed E-state index contributed by atoms with van der Waals surface area (Å²) in [5.41, 5.74) is 0.864. The number of carbonyl (C=O) groups excluding carboxylic acids is 1. The Kier molecular flexibility index (Phi) is 4.11. The normalized spacial score (nSPS) is 11.0. The summed E-state index contributed by atoms with van der Waals surface area (Å²) in [5, 5.41) is 18.3. The summed E-state index contributed by atoms with van der Waals surface area (Å²) in [6.07, 6.45) is -0.495. The van der Waals surface area contributed by atoms with Crippen molar-refractivity contribution in [2.24, 2.45) is 0 Å².